The molecule has 62 valence electrons. The SMILES string of the molecule is Nc1cc(O)c(O)c2sccc12. The second-order valence-electron chi connectivity index (χ2n) is 2.50. The fourth-order valence-electron chi connectivity index (χ4n) is 1.13. The lowest BCUT2D eigenvalue weighted by atomic mass is 10.2. The zero-order chi connectivity index (χ0) is 8.72. The van der Waals surface area contributed by atoms with Gasteiger partial charge in [0.15, 0.2) is 11.5 Å². The molecule has 0 radical (unpaired) electrons. The summed E-state index contributed by atoms with van der Waals surface area (Å²) in [6.07, 6.45) is 0. The summed E-state index contributed by atoms with van der Waals surface area (Å²) in [6.45, 7) is 0. The van der Waals surface area contributed by atoms with Crippen molar-refractivity contribution in [3.63, 3.8) is 0 Å². The topological polar surface area (TPSA) is 66.5 Å². The van der Waals surface area contributed by atoms with Gasteiger partial charge in [0.2, 0.25) is 0 Å². The minimum atomic E-state index is -0.164. The molecular weight excluding hydrogens is 174 g/mol. The number of aromatic hydroxyl groups is 2. The van der Waals surface area contributed by atoms with Gasteiger partial charge in [-0.3, -0.25) is 0 Å². The molecule has 4 heteroatoms. The van der Waals surface area contributed by atoms with Crippen LogP contribution >= 0.6 is 11.3 Å². The van der Waals surface area contributed by atoms with E-state index in [1.807, 2.05) is 11.4 Å². The normalized spacial score (nSPS) is 10.7. The molecule has 1 heterocycles. The van der Waals surface area contributed by atoms with E-state index in [9.17, 15) is 10.2 Å². The van der Waals surface area contributed by atoms with Crippen molar-refractivity contribution >= 4 is 27.1 Å². The van der Waals surface area contributed by atoms with Crippen molar-refractivity contribution in [3.8, 4) is 11.5 Å². The molecule has 0 saturated heterocycles. The largest absolute Gasteiger partial charge is 0.504 e. The van der Waals surface area contributed by atoms with E-state index in [4.69, 9.17) is 5.73 Å². The van der Waals surface area contributed by atoms with Gasteiger partial charge in [-0.15, -0.1) is 11.3 Å². The van der Waals surface area contributed by atoms with Crippen molar-refractivity contribution in [3.05, 3.63) is 17.5 Å². The van der Waals surface area contributed by atoms with Crippen molar-refractivity contribution in [1.82, 2.24) is 0 Å². The van der Waals surface area contributed by atoms with E-state index in [1.54, 1.807) is 0 Å². The molecule has 0 bridgehead atoms. The fourth-order valence-corrected chi connectivity index (χ4v) is 2.00. The highest BCUT2D eigenvalue weighted by atomic mass is 32.1. The molecule has 0 aliphatic carbocycles. The van der Waals surface area contributed by atoms with Gasteiger partial charge >= 0.3 is 0 Å². The average molecular weight is 181 g/mol. The van der Waals surface area contributed by atoms with E-state index in [0.29, 0.717) is 10.4 Å². The summed E-state index contributed by atoms with van der Waals surface area (Å²) in [4.78, 5) is 0. The van der Waals surface area contributed by atoms with Crippen LogP contribution in [0, 0.1) is 0 Å². The monoisotopic (exact) mass is 181 g/mol. The number of hydrogen-bond donors (Lipinski definition) is 3. The Labute approximate surface area is 72.7 Å². The zero-order valence-electron chi connectivity index (χ0n) is 6.11. The Hall–Kier alpha value is -1.42. The van der Waals surface area contributed by atoms with Gasteiger partial charge in [-0.2, -0.15) is 0 Å². The van der Waals surface area contributed by atoms with E-state index < -0.39 is 0 Å². The van der Waals surface area contributed by atoms with Gasteiger partial charge in [-0.25, -0.2) is 0 Å². The minimum absolute atomic E-state index is 0.0887. The molecule has 12 heavy (non-hydrogen) atoms. The molecule has 1 aromatic heterocycles. The van der Waals surface area contributed by atoms with Crippen LogP contribution in [0.4, 0.5) is 5.69 Å². The van der Waals surface area contributed by atoms with Crippen molar-refractivity contribution in [2.24, 2.45) is 0 Å². The molecular formula is C8H7NO2S. The van der Waals surface area contributed by atoms with Crippen LogP contribution in [-0.2, 0) is 0 Å². The first-order valence-corrected chi connectivity index (χ1v) is 4.25. The van der Waals surface area contributed by atoms with Gasteiger partial charge in [0.25, 0.3) is 0 Å². The maximum Gasteiger partial charge on any atom is 0.175 e. The molecule has 0 atom stereocenters. The second kappa shape index (κ2) is 2.28. The highest BCUT2D eigenvalue weighted by Crippen LogP contribution is 2.40. The first-order valence-electron chi connectivity index (χ1n) is 3.38. The van der Waals surface area contributed by atoms with Gasteiger partial charge in [0, 0.05) is 17.1 Å². The van der Waals surface area contributed by atoms with Gasteiger partial charge in [-0.1, -0.05) is 0 Å². The van der Waals surface area contributed by atoms with Crippen LogP contribution < -0.4 is 5.73 Å². The molecule has 0 spiro atoms. The summed E-state index contributed by atoms with van der Waals surface area (Å²) in [5.41, 5.74) is 6.09. The number of benzene rings is 1. The second-order valence-corrected chi connectivity index (χ2v) is 3.41. The van der Waals surface area contributed by atoms with E-state index in [1.165, 1.54) is 17.4 Å². The molecule has 0 fully saturated rings. The molecule has 3 nitrogen and oxygen atoms in total. The number of nitrogens with two attached hydrogens (primary N) is 1. The predicted molar refractivity (Wildman–Crippen MR) is 49.6 cm³/mol. The maximum absolute atomic E-state index is 9.38. The molecule has 2 rings (SSSR count). The van der Waals surface area contributed by atoms with E-state index >= 15 is 0 Å². The maximum atomic E-state index is 9.38. The lowest BCUT2D eigenvalue weighted by molar-refractivity contribution is 0.409. The van der Waals surface area contributed by atoms with Gasteiger partial charge in [0.1, 0.15) is 0 Å². The third-order valence-electron chi connectivity index (χ3n) is 1.73. The number of anilines is 1. The Balaban J connectivity index is 2.97. The van der Waals surface area contributed by atoms with Gasteiger partial charge in [-0.05, 0) is 11.4 Å². The molecule has 1 aromatic carbocycles. The molecule has 4 N–H and O–H groups in total. The quantitative estimate of drug-likeness (QED) is 0.330. The van der Waals surface area contributed by atoms with Crippen LogP contribution in [0.3, 0.4) is 0 Å². The van der Waals surface area contributed by atoms with Crippen LogP contribution in [0.5, 0.6) is 11.5 Å². The Kier molecular flexibility index (Phi) is 1.38. The summed E-state index contributed by atoms with van der Waals surface area (Å²) in [7, 11) is 0. The summed E-state index contributed by atoms with van der Waals surface area (Å²) >= 11 is 1.35. The standard InChI is InChI=1S/C8H7NO2S/c9-5-3-6(10)7(11)8-4(5)1-2-12-8/h1-3,10-11H,9H2. The molecule has 0 saturated carbocycles. The van der Waals surface area contributed by atoms with Crippen LogP contribution in [0.15, 0.2) is 17.5 Å². The van der Waals surface area contributed by atoms with Crippen molar-refractivity contribution < 1.29 is 10.2 Å². The average Bonchev–Trinajstić information content (AvgIpc) is 2.48. The number of phenols is 2. The summed E-state index contributed by atoms with van der Waals surface area (Å²) in [5.74, 6) is -0.253. The lowest BCUT2D eigenvalue weighted by Crippen LogP contribution is -1.84. The first kappa shape index (κ1) is 7.24. The Bertz CT molecular complexity index is 436. The Morgan fingerprint density at radius 2 is 2.08 bits per heavy atom. The molecule has 2 aromatic rings. The van der Waals surface area contributed by atoms with Crippen molar-refractivity contribution in [2.75, 3.05) is 5.73 Å². The minimum Gasteiger partial charge on any atom is -0.504 e. The zero-order valence-corrected chi connectivity index (χ0v) is 6.93. The molecule has 0 aliphatic heterocycles. The number of phenolic OH excluding ortho intramolecular Hbond substituents is 2. The van der Waals surface area contributed by atoms with Crippen molar-refractivity contribution in [2.45, 2.75) is 0 Å². The molecule has 0 amide bonds. The Morgan fingerprint density at radius 1 is 1.33 bits per heavy atom. The molecule has 0 aliphatic rings. The number of hydrogen-bond acceptors (Lipinski definition) is 4. The fraction of sp³-hybridized carbons (Fsp3) is 0. The third-order valence-corrected chi connectivity index (χ3v) is 2.65. The van der Waals surface area contributed by atoms with E-state index in [-0.39, 0.29) is 11.5 Å². The van der Waals surface area contributed by atoms with Crippen LogP contribution in [0.1, 0.15) is 0 Å². The van der Waals surface area contributed by atoms with Crippen molar-refractivity contribution in [1.29, 1.82) is 0 Å². The highest BCUT2D eigenvalue weighted by molar-refractivity contribution is 7.17. The van der Waals surface area contributed by atoms with Crippen LogP contribution in [-0.4, -0.2) is 10.2 Å². The van der Waals surface area contributed by atoms with E-state index in [0.717, 1.165) is 5.39 Å². The van der Waals surface area contributed by atoms with Crippen LogP contribution in [0.25, 0.3) is 10.1 Å². The number of thiophene rings is 1. The first-order chi connectivity index (χ1) is 5.70. The van der Waals surface area contributed by atoms with Gasteiger partial charge in [0.05, 0.1) is 4.70 Å². The van der Waals surface area contributed by atoms with Gasteiger partial charge < -0.3 is 15.9 Å². The van der Waals surface area contributed by atoms with E-state index in [2.05, 4.69) is 0 Å². The smallest absolute Gasteiger partial charge is 0.175 e. The third kappa shape index (κ3) is 0.816. The summed E-state index contributed by atoms with van der Waals surface area (Å²) in [5, 5.41) is 21.2. The molecule has 0 unspecified atom stereocenters. The van der Waals surface area contributed by atoms with Crippen LogP contribution in [0.2, 0.25) is 0 Å². The number of rotatable bonds is 0. The summed E-state index contributed by atoms with van der Waals surface area (Å²) in [6, 6.07) is 3.17. The predicted octanol–water partition coefficient (Wildman–Crippen LogP) is 1.89. The number of nitrogen functional groups attached to an aromatic ring is 1. The highest BCUT2D eigenvalue weighted by Gasteiger charge is 2.09. The Morgan fingerprint density at radius 3 is 2.83 bits per heavy atom. The lowest BCUT2D eigenvalue weighted by Gasteiger charge is -2.01. The number of fused-ring (bicyclic) bond motifs is 1. The summed E-state index contributed by atoms with van der Waals surface area (Å²) < 4.78 is 0.632.